The van der Waals surface area contributed by atoms with E-state index in [2.05, 4.69) is 21.9 Å². The molecule has 0 atom stereocenters. The first-order chi connectivity index (χ1) is 14.5. The molecule has 1 fully saturated rings. The number of terminal acetylenes is 1. The number of aryl methyl sites for hydroxylation is 1. The summed E-state index contributed by atoms with van der Waals surface area (Å²) in [5, 5.41) is -0.253. The Hall–Kier alpha value is -2.69. The van der Waals surface area contributed by atoms with Gasteiger partial charge < -0.3 is 9.47 Å². The van der Waals surface area contributed by atoms with E-state index in [0.717, 1.165) is 18.2 Å². The van der Waals surface area contributed by atoms with Gasteiger partial charge in [-0.2, -0.15) is 0 Å². The highest BCUT2D eigenvalue weighted by Gasteiger charge is 2.34. The Labute approximate surface area is 188 Å². The Morgan fingerprint density at radius 1 is 1.20 bits per heavy atom. The second-order valence-corrected chi connectivity index (χ2v) is 8.29. The van der Waals surface area contributed by atoms with Gasteiger partial charge in [-0.15, -0.1) is 6.42 Å². The molecule has 2 aromatic carbocycles. The summed E-state index contributed by atoms with van der Waals surface area (Å²) in [6.07, 6.45) is 8.45. The number of halogens is 1. The van der Waals surface area contributed by atoms with Crippen molar-refractivity contribution in [1.29, 1.82) is 0 Å². The Morgan fingerprint density at radius 2 is 1.97 bits per heavy atom. The summed E-state index contributed by atoms with van der Waals surface area (Å²) in [6, 6.07) is 13.5. The molecule has 1 heterocycles. The number of hydrogen-bond donors (Lipinski definition) is 0. The predicted octanol–water partition coefficient (Wildman–Crippen LogP) is 5.14. The van der Waals surface area contributed by atoms with Crippen molar-refractivity contribution in [3.05, 3.63) is 63.0 Å². The zero-order chi connectivity index (χ0) is 21.5. The third-order valence-electron chi connectivity index (χ3n) is 4.44. The standard InChI is InChI=1S/C23H20BrNO4S/c1-3-12-29-20-15-18(24)17(13-19(20)28-2)14-21-22(26)25(23(27)30-21)11-7-10-16-8-5-4-6-9-16/h1,4-6,8-9,13-15H,7,10-12H2,2H3/b21-14+. The topological polar surface area (TPSA) is 55.8 Å². The fraction of sp³-hybridized carbons (Fsp3) is 0.217. The minimum Gasteiger partial charge on any atom is -0.493 e. The molecule has 0 aliphatic carbocycles. The van der Waals surface area contributed by atoms with Crippen molar-refractivity contribution in [1.82, 2.24) is 4.90 Å². The van der Waals surface area contributed by atoms with Gasteiger partial charge in [0.2, 0.25) is 0 Å². The van der Waals surface area contributed by atoms with Crippen molar-refractivity contribution in [3.8, 4) is 23.8 Å². The fourth-order valence-electron chi connectivity index (χ4n) is 2.97. The van der Waals surface area contributed by atoms with Crippen LogP contribution in [0.25, 0.3) is 6.08 Å². The van der Waals surface area contributed by atoms with E-state index in [-0.39, 0.29) is 17.8 Å². The quantitative estimate of drug-likeness (QED) is 0.382. The van der Waals surface area contributed by atoms with Gasteiger partial charge in [-0.25, -0.2) is 0 Å². The fourth-order valence-corrected chi connectivity index (χ4v) is 4.27. The first-order valence-electron chi connectivity index (χ1n) is 9.26. The van der Waals surface area contributed by atoms with Gasteiger partial charge >= 0.3 is 0 Å². The molecule has 154 valence electrons. The van der Waals surface area contributed by atoms with Crippen LogP contribution in [0.2, 0.25) is 0 Å². The van der Waals surface area contributed by atoms with Crippen molar-refractivity contribution < 1.29 is 19.1 Å². The molecule has 0 bridgehead atoms. The molecule has 2 aromatic rings. The average molecular weight is 486 g/mol. The maximum Gasteiger partial charge on any atom is 0.293 e. The lowest BCUT2D eigenvalue weighted by Gasteiger charge is -2.12. The molecule has 7 heteroatoms. The number of thioether (sulfide) groups is 1. The van der Waals surface area contributed by atoms with Crippen molar-refractivity contribution in [2.24, 2.45) is 0 Å². The normalized spacial score (nSPS) is 14.8. The van der Waals surface area contributed by atoms with Crippen LogP contribution in [0.4, 0.5) is 4.79 Å². The zero-order valence-electron chi connectivity index (χ0n) is 16.4. The lowest BCUT2D eigenvalue weighted by molar-refractivity contribution is -0.122. The van der Waals surface area contributed by atoms with Crippen molar-refractivity contribution in [2.45, 2.75) is 12.8 Å². The third kappa shape index (κ3) is 5.26. The molecule has 1 saturated heterocycles. The molecule has 1 aliphatic rings. The molecule has 0 N–H and O–H groups in total. The highest BCUT2D eigenvalue weighted by molar-refractivity contribution is 9.10. The molecule has 5 nitrogen and oxygen atoms in total. The number of benzene rings is 2. The number of amides is 2. The van der Waals surface area contributed by atoms with Gasteiger partial charge in [0.05, 0.1) is 12.0 Å². The van der Waals surface area contributed by atoms with Crippen LogP contribution >= 0.6 is 27.7 Å². The van der Waals surface area contributed by atoms with Gasteiger partial charge in [0.15, 0.2) is 11.5 Å². The summed E-state index contributed by atoms with van der Waals surface area (Å²) in [5.74, 6) is 3.11. The first kappa shape index (κ1) is 22.0. The number of nitrogens with zero attached hydrogens (tertiary/aromatic N) is 1. The van der Waals surface area contributed by atoms with E-state index >= 15 is 0 Å². The predicted molar refractivity (Wildman–Crippen MR) is 122 cm³/mol. The molecule has 0 aromatic heterocycles. The monoisotopic (exact) mass is 485 g/mol. The zero-order valence-corrected chi connectivity index (χ0v) is 18.8. The van der Waals surface area contributed by atoms with E-state index in [0.29, 0.717) is 39.4 Å². The van der Waals surface area contributed by atoms with E-state index in [1.165, 1.54) is 17.6 Å². The Morgan fingerprint density at radius 3 is 2.67 bits per heavy atom. The van der Waals surface area contributed by atoms with Gasteiger partial charge in [0.1, 0.15) is 6.61 Å². The van der Waals surface area contributed by atoms with Crippen LogP contribution in [0.15, 0.2) is 51.8 Å². The van der Waals surface area contributed by atoms with E-state index in [1.54, 1.807) is 18.2 Å². The molecule has 0 spiro atoms. The second kappa shape index (κ2) is 10.4. The summed E-state index contributed by atoms with van der Waals surface area (Å²) in [4.78, 5) is 26.8. The summed E-state index contributed by atoms with van der Waals surface area (Å²) in [7, 11) is 1.52. The second-order valence-electron chi connectivity index (χ2n) is 6.44. The summed E-state index contributed by atoms with van der Waals surface area (Å²) >= 11 is 4.42. The largest absolute Gasteiger partial charge is 0.493 e. The van der Waals surface area contributed by atoms with Crippen molar-refractivity contribution >= 4 is 44.9 Å². The highest BCUT2D eigenvalue weighted by atomic mass is 79.9. The van der Waals surface area contributed by atoms with Crippen LogP contribution in [-0.2, 0) is 11.2 Å². The number of methoxy groups -OCH3 is 1. The van der Waals surface area contributed by atoms with Crippen molar-refractivity contribution in [3.63, 3.8) is 0 Å². The maximum absolute atomic E-state index is 12.8. The van der Waals surface area contributed by atoms with Crippen LogP contribution in [-0.4, -0.2) is 36.3 Å². The number of rotatable bonds is 8. The highest BCUT2D eigenvalue weighted by Crippen LogP contribution is 2.38. The lowest BCUT2D eigenvalue weighted by Crippen LogP contribution is -2.29. The van der Waals surface area contributed by atoms with E-state index in [4.69, 9.17) is 15.9 Å². The van der Waals surface area contributed by atoms with Crippen LogP contribution in [0, 0.1) is 12.3 Å². The minimum absolute atomic E-state index is 0.115. The Bertz CT molecular complexity index is 1010. The number of carbonyl (C=O) groups is 2. The summed E-state index contributed by atoms with van der Waals surface area (Å²) in [5.41, 5.74) is 1.89. The molecule has 0 radical (unpaired) electrons. The Balaban J connectivity index is 1.72. The molecular formula is C23H20BrNO4S. The number of carbonyl (C=O) groups excluding carboxylic acids is 2. The number of hydrogen-bond acceptors (Lipinski definition) is 5. The molecular weight excluding hydrogens is 466 g/mol. The van der Waals surface area contributed by atoms with Crippen molar-refractivity contribution in [2.75, 3.05) is 20.3 Å². The third-order valence-corrected chi connectivity index (χ3v) is 6.04. The van der Waals surface area contributed by atoms with Crippen LogP contribution in [0.1, 0.15) is 17.5 Å². The Kier molecular flexibility index (Phi) is 7.61. The van der Waals surface area contributed by atoms with Gasteiger partial charge in [0, 0.05) is 11.0 Å². The molecule has 30 heavy (non-hydrogen) atoms. The first-order valence-corrected chi connectivity index (χ1v) is 10.9. The molecule has 2 amide bonds. The minimum atomic E-state index is -0.281. The van der Waals surface area contributed by atoms with Crippen LogP contribution < -0.4 is 9.47 Å². The maximum atomic E-state index is 12.8. The lowest BCUT2D eigenvalue weighted by atomic mass is 10.1. The SMILES string of the molecule is C#CCOc1cc(Br)c(/C=C2/SC(=O)N(CCCc3ccccc3)C2=O)cc1OC. The number of ether oxygens (including phenoxy) is 2. The molecule has 0 saturated carbocycles. The molecule has 0 unspecified atom stereocenters. The van der Waals surface area contributed by atoms with Gasteiger partial charge in [0.25, 0.3) is 11.1 Å². The van der Waals surface area contributed by atoms with Gasteiger partial charge in [-0.3, -0.25) is 14.5 Å². The van der Waals surface area contributed by atoms with Gasteiger partial charge in [-0.05, 0) is 53.9 Å². The average Bonchev–Trinajstić information content (AvgIpc) is 3.01. The van der Waals surface area contributed by atoms with E-state index in [9.17, 15) is 9.59 Å². The molecule has 1 aliphatic heterocycles. The smallest absolute Gasteiger partial charge is 0.293 e. The summed E-state index contributed by atoms with van der Waals surface area (Å²) < 4.78 is 11.5. The summed E-state index contributed by atoms with van der Waals surface area (Å²) in [6.45, 7) is 0.504. The van der Waals surface area contributed by atoms with E-state index in [1.807, 2.05) is 30.3 Å². The van der Waals surface area contributed by atoms with E-state index < -0.39 is 0 Å². The van der Waals surface area contributed by atoms with Crippen LogP contribution in [0.5, 0.6) is 11.5 Å². The van der Waals surface area contributed by atoms with Gasteiger partial charge in [-0.1, -0.05) is 52.2 Å². The number of imide groups is 1. The van der Waals surface area contributed by atoms with Crippen LogP contribution in [0.3, 0.4) is 0 Å². The molecule has 3 rings (SSSR count).